The molecule has 0 bridgehead atoms. The average Bonchev–Trinajstić information content (AvgIpc) is 3.07. The summed E-state index contributed by atoms with van der Waals surface area (Å²) in [7, 11) is 0. The molecule has 1 fully saturated rings. The molecule has 3 rings (SSSR count). The van der Waals surface area contributed by atoms with E-state index in [1.807, 2.05) is 11.0 Å². The van der Waals surface area contributed by atoms with Crippen molar-refractivity contribution in [3.05, 3.63) is 29.8 Å². The molecule has 4 heteroatoms. The van der Waals surface area contributed by atoms with Crippen molar-refractivity contribution in [1.29, 1.82) is 0 Å². The van der Waals surface area contributed by atoms with Gasteiger partial charge in [0.05, 0.1) is 6.04 Å². The van der Waals surface area contributed by atoms with Gasteiger partial charge in [0.2, 0.25) is 5.91 Å². The zero-order chi connectivity index (χ0) is 13.6. The SMILES string of the molecule is CC(C)C[C@H](N)C(=O)N1CC2(CC2)c2ccccc21.Cl. The maximum absolute atomic E-state index is 12.6. The van der Waals surface area contributed by atoms with Crippen LogP contribution in [0, 0.1) is 5.92 Å². The van der Waals surface area contributed by atoms with E-state index in [1.54, 1.807) is 0 Å². The number of fused-ring (bicyclic) bond motifs is 2. The summed E-state index contributed by atoms with van der Waals surface area (Å²) in [6.45, 7) is 5.04. The molecule has 1 saturated carbocycles. The first-order valence-corrected chi connectivity index (χ1v) is 7.20. The molecule has 1 amide bonds. The van der Waals surface area contributed by atoms with Crippen LogP contribution in [0.5, 0.6) is 0 Å². The first-order valence-electron chi connectivity index (χ1n) is 7.20. The minimum absolute atomic E-state index is 0. The van der Waals surface area contributed by atoms with Gasteiger partial charge in [0.1, 0.15) is 0 Å². The molecule has 0 saturated heterocycles. The first-order chi connectivity index (χ1) is 9.03. The van der Waals surface area contributed by atoms with Crippen molar-refractivity contribution >= 4 is 24.0 Å². The number of hydrogen-bond donors (Lipinski definition) is 1. The van der Waals surface area contributed by atoms with Crippen LogP contribution in [0.3, 0.4) is 0 Å². The molecule has 0 aromatic heterocycles. The lowest BCUT2D eigenvalue weighted by molar-refractivity contribution is -0.120. The van der Waals surface area contributed by atoms with Gasteiger partial charge in [0.25, 0.3) is 0 Å². The summed E-state index contributed by atoms with van der Waals surface area (Å²) in [5, 5.41) is 0. The minimum Gasteiger partial charge on any atom is -0.320 e. The van der Waals surface area contributed by atoms with E-state index < -0.39 is 0 Å². The summed E-state index contributed by atoms with van der Waals surface area (Å²) < 4.78 is 0. The van der Waals surface area contributed by atoms with Crippen LogP contribution in [0.15, 0.2) is 24.3 Å². The van der Waals surface area contributed by atoms with Crippen LogP contribution in [0.4, 0.5) is 5.69 Å². The number of anilines is 1. The van der Waals surface area contributed by atoms with Gasteiger partial charge < -0.3 is 10.6 Å². The summed E-state index contributed by atoms with van der Waals surface area (Å²) in [6, 6.07) is 7.93. The molecule has 1 heterocycles. The molecule has 1 aromatic rings. The van der Waals surface area contributed by atoms with E-state index in [-0.39, 0.29) is 29.8 Å². The van der Waals surface area contributed by atoms with Crippen molar-refractivity contribution in [2.24, 2.45) is 11.7 Å². The van der Waals surface area contributed by atoms with Gasteiger partial charge in [-0.15, -0.1) is 12.4 Å². The van der Waals surface area contributed by atoms with Crippen molar-refractivity contribution in [3.8, 4) is 0 Å². The second-order valence-corrected chi connectivity index (χ2v) is 6.46. The maximum Gasteiger partial charge on any atom is 0.243 e. The Labute approximate surface area is 126 Å². The Bertz CT molecular complexity index is 511. The lowest BCUT2D eigenvalue weighted by Crippen LogP contribution is -2.44. The van der Waals surface area contributed by atoms with Crippen molar-refractivity contribution in [3.63, 3.8) is 0 Å². The van der Waals surface area contributed by atoms with E-state index in [4.69, 9.17) is 5.73 Å². The molecule has 0 unspecified atom stereocenters. The smallest absolute Gasteiger partial charge is 0.243 e. The fraction of sp³-hybridized carbons (Fsp3) is 0.562. The monoisotopic (exact) mass is 294 g/mol. The summed E-state index contributed by atoms with van der Waals surface area (Å²) in [6.07, 6.45) is 3.16. The normalized spacial score (nSPS) is 19.7. The van der Waals surface area contributed by atoms with Crippen molar-refractivity contribution < 1.29 is 4.79 Å². The highest BCUT2D eigenvalue weighted by Gasteiger charge is 2.53. The number of carbonyl (C=O) groups is 1. The van der Waals surface area contributed by atoms with Crippen LogP contribution >= 0.6 is 12.4 Å². The summed E-state index contributed by atoms with van der Waals surface area (Å²) >= 11 is 0. The zero-order valence-electron chi connectivity index (χ0n) is 12.1. The van der Waals surface area contributed by atoms with E-state index in [1.165, 1.54) is 18.4 Å². The second-order valence-electron chi connectivity index (χ2n) is 6.46. The van der Waals surface area contributed by atoms with E-state index in [0.717, 1.165) is 18.7 Å². The Morgan fingerprint density at radius 3 is 2.60 bits per heavy atom. The van der Waals surface area contributed by atoms with Crippen LogP contribution in [0.25, 0.3) is 0 Å². The number of carbonyl (C=O) groups excluding carboxylic acids is 1. The molecule has 0 radical (unpaired) electrons. The van der Waals surface area contributed by atoms with E-state index in [2.05, 4.69) is 32.0 Å². The third kappa shape index (κ3) is 2.45. The average molecular weight is 295 g/mol. The number of nitrogens with two attached hydrogens (primary N) is 1. The molecule has 2 N–H and O–H groups in total. The number of benzene rings is 1. The molecule has 110 valence electrons. The fourth-order valence-electron chi connectivity index (χ4n) is 3.21. The van der Waals surface area contributed by atoms with Gasteiger partial charge in [-0.3, -0.25) is 4.79 Å². The number of para-hydroxylation sites is 1. The number of amides is 1. The zero-order valence-corrected chi connectivity index (χ0v) is 13.0. The third-order valence-electron chi connectivity index (χ3n) is 4.39. The van der Waals surface area contributed by atoms with Gasteiger partial charge in [-0.1, -0.05) is 32.0 Å². The van der Waals surface area contributed by atoms with Crippen LogP contribution in [-0.4, -0.2) is 18.5 Å². The van der Waals surface area contributed by atoms with Crippen LogP contribution in [0.1, 0.15) is 38.7 Å². The highest BCUT2D eigenvalue weighted by molar-refractivity contribution is 5.99. The minimum atomic E-state index is -0.373. The fourth-order valence-corrected chi connectivity index (χ4v) is 3.21. The van der Waals surface area contributed by atoms with Crippen molar-refractivity contribution in [1.82, 2.24) is 0 Å². The maximum atomic E-state index is 12.6. The van der Waals surface area contributed by atoms with Gasteiger partial charge in [0, 0.05) is 17.6 Å². The Balaban J connectivity index is 0.00000147. The van der Waals surface area contributed by atoms with Crippen LogP contribution < -0.4 is 10.6 Å². The molecule has 1 aliphatic carbocycles. The topological polar surface area (TPSA) is 46.3 Å². The Hall–Kier alpha value is -1.06. The second kappa shape index (κ2) is 5.38. The molecule has 1 aromatic carbocycles. The van der Waals surface area contributed by atoms with E-state index in [9.17, 15) is 4.79 Å². The third-order valence-corrected chi connectivity index (χ3v) is 4.39. The summed E-state index contributed by atoms with van der Waals surface area (Å²) in [4.78, 5) is 14.5. The highest BCUT2D eigenvalue weighted by atomic mass is 35.5. The first kappa shape index (κ1) is 15.3. The van der Waals surface area contributed by atoms with Crippen molar-refractivity contribution in [2.45, 2.75) is 44.6 Å². The lowest BCUT2D eigenvalue weighted by atomic mass is 9.99. The van der Waals surface area contributed by atoms with Crippen LogP contribution in [-0.2, 0) is 10.2 Å². The Kier molecular flexibility index (Phi) is 4.12. The largest absolute Gasteiger partial charge is 0.320 e. The predicted octanol–water partition coefficient (Wildman–Crippen LogP) is 2.86. The molecule has 1 aliphatic heterocycles. The molecule has 1 spiro atoms. The lowest BCUT2D eigenvalue weighted by Gasteiger charge is -2.23. The quantitative estimate of drug-likeness (QED) is 0.932. The Morgan fingerprint density at radius 2 is 2.00 bits per heavy atom. The van der Waals surface area contributed by atoms with E-state index >= 15 is 0 Å². The molecule has 1 atom stereocenters. The number of nitrogens with zero attached hydrogens (tertiary/aromatic N) is 1. The Morgan fingerprint density at radius 1 is 1.35 bits per heavy atom. The summed E-state index contributed by atoms with van der Waals surface area (Å²) in [5.74, 6) is 0.539. The van der Waals surface area contributed by atoms with Crippen molar-refractivity contribution in [2.75, 3.05) is 11.4 Å². The predicted molar refractivity (Wildman–Crippen MR) is 84.4 cm³/mol. The van der Waals surface area contributed by atoms with Gasteiger partial charge in [-0.05, 0) is 36.8 Å². The van der Waals surface area contributed by atoms with Gasteiger partial charge in [0.15, 0.2) is 0 Å². The molecule has 3 nitrogen and oxygen atoms in total. The molecule has 2 aliphatic rings. The summed E-state index contributed by atoms with van der Waals surface area (Å²) in [5.41, 5.74) is 8.76. The number of rotatable bonds is 3. The van der Waals surface area contributed by atoms with Crippen LogP contribution in [0.2, 0.25) is 0 Å². The van der Waals surface area contributed by atoms with Gasteiger partial charge in [-0.25, -0.2) is 0 Å². The van der Waals surface area contributed by atoms with E-state index in [0.29, 0.717) is 5.92 Å². The standard InChI is InChI=1S/C16H22N2O.ClH/c1-11(2)9-13(17)15(19)18-10-16(7-8-16)12-5-3-4-6-14(12)18;/h3-6,11,13H,7-10,17H2,1-2H3;1H/t13-;/m0./s1. The number of halogens is 1. The molecule has 20 heavy (non-hydrogen) atoms. The molecular formula is C16H23ClN2O. The molecular weight excluding hydrogens is 272 g/mol. The van der Waals surface area contributed by atoms with Gasteiger partial charge >= 0.3 is 0 Å². The number of hydrogen-bond acceptors (Lipinski definition) is 2. The highest BCUT2D eigenvalue weighted by Crippen LogP contribution is 2.56. The van der Waals surface area contributed by atoms with Gasteiger partial charge in [-0.2, -0.15) is 0 Å².